The maximum absolute atomic E-state index is 12.1. The zero-order chi connectivity index (χ0) is 14.8. The highest BCUT2D eigenvalue weighted by molar-refractivity contribution is 5.78. The smallest absolute Gasteiger partial charge is 0.236 e. The summed E-state index contributed by atoms with van der Waals surface area (Å²) in [5.74, 6) is 0.329. The molecule has 0 radical (unpaired) electrons. The molecule has 0 saturated carbocycles. The predicted molar refractivity (Wildman–Crippen MR) is 79.1 cm³/mol. The molecule has 0 spiro atoms. The second kappa shape index (κ2) is 5.94. The van der Waals surface area contributed by atoms with Crippen molar-refractivity contribution >= 4 is 5.91 Å². The lowest BCUT2D eigenvalue weighted by molar-refractivity contribution is -0.148. The van der Waals surface area contributed by atoms with Crippen LogP contribution in [-0.2, 0) is 11.3 Å². The Bertz CT molecular complexity index is 453. The summed E-state index contributed by atoms with van der Waals surface area (Å²) in [6, 6.07) is 9.96. The van der Waals surface area contributed by atoms with Gasteiger partial charge in [0.2, 0.25) is 5.91 Å². The van der Waals surface area contributed by atoms with E-state index in [1.54, 1.807) is 4.90 Å². The molecule has 4 nitrogen and oxygen atoms in total. The van der Waals surface area contributed by atoms with Crippen LogP contribution in [0.5, 0.6) is 0 Å². The highest BCUT2D eigenvalue weighted by Crippen LogP contribution is 2.28. The fraction of sp³-hybridized carbons (Fsp3) is 0.562. The first-order valence-corrected chi connectivity index (χ1v) is 7.13. The molecule has 20 heavy (non-hydrogen) atoms. The average molecular weight is 276 g/mol. The summed E-state index contributed by atoms with van der Waals surface area (Å²) in [6.45, 7) is 6.23. The van der Waals surface area contributed by atoms with Crippen molar-refractivity contribution in [2.24, 2.45) is 5.92 Å². The third-order valence-corrected chi connectivity index (χ3v) is 4.12. The van der Waals surface area contributed by atoms with E-state index < -0.39 is 5.60 Å². The Morgan fingerprint density at radius 3 is 2.50 bits per heavy atom. The molecule has 1 aliphatic rings. The van der Waals surface area contributed by atoms with E-state index in [2.05, 4.69) is 0 Å². The summed E-state index contributed by atoms with van der Waals surface area (Å²) >= 11 is 0. The van der Waals surface area contributed by atoms with Crippen LogP contribution in [0.2, 0.25) is 0 Å². The van der Waals surface area contributed by atoms with Gasteiger partial charge in [-0.2, -0.15) is 0 Å². The van der Waals surface area contributed by atoms with Gasteiger partial charge in [-0.25, -0.2) is 0 Å². The van der Waals surface area contributed by atoms with E-state index in [-0.39, 0.29) is 11.8 Å². The van der Waals surface area contributed by atoms with Crippen molar-refractivity contribution in [3.05, 3.63) is 35.9 Å². The maximum Gasteiger partial charge on any atom is 0.236 e. The lowest BCUT2D eigenvalue weighted by Gasteiger charge is -2.49. The van der Waals surface area contributed by atoms with Crippen LogP contribution in [0.1, 0.15) is 19.4 Å². The number of amides is 1. The fourth-order valence-electron chi connectivity index (χ4n) is 2.46. The lowest BCUT2D eigenvalue weighted by atomic mass is 9.83. The average Bonchev–Trinajstić information content (AvgIpc) is 2.37. The minimum Gasteiger partial charge on any atom is -0.387 e. The molecule has 0 aromatic heterocycles. The zero-order valence-electron chi connectivity index (χ0n) is 12.5. The molecular weight excluding hydrogens is 252 g/mol. The van der Waals surface area contributed by atoms with Crippen molar-refractivity contribution in [3.8, 4) is 0 Å². The van der Waals surface area contributed by atoms with Gasteiger partial charge in [0.25, 0.3) is 0 Å². The van der Waals surface area contributed by atoms with Gasteiger partial charge in [-0.05, 0) is 11.5 Å². The van der Waals surface area contributed by atoms with Crippen LogP contribution in [0.25, 0.3) is 0 Å². The van der Waals surface area contributed by atoms with Crippen LogP contribution in [0.3, 0.4) is 0 Å². The van der Waals surface area contributed by atoms with E-state index in [1.165, 1.54) is 0 Å². The Balaban J connectivity index is 1.79. The van der Waals surface area contributed by atoms with Gasteiger partial charge in [0.1, 0.15) is 0 Å². The van der Waals surface area contributed by atoms with E-state index in [4.69, 9.17) is 0 Å². The monoisotopic (exact) mass is 276 g/mol. The number of likely N-dealkylation sites (N-methyl/N-ethyl adjacent to an activating group) is 1. The molecule has 1 amide bonds. The first-order valence-electron chi connectivity index (χ1n) is 7.13. The molecule has 2 rings (SSSR count). The number of hydrogen-bond donors (Lipinski definition) is 1. The molecule has 0 bridgehead atoms. The molecule has 0 atom stereocenters. The van der Waals surface area contributed by atoms with Gasteiger partial charge in [0, 0.05) is 26.7 Å². The molecule has 1 aromatic carbocycles. The molecule has 1 aromatic rings. The van der Waals surface area contributed by atoms with Crippen LogP contribution in [0.4, 0.5) is 0 Å². The van der Waals surface area contributed by atoms with E-state index in [0.29, 0.717) is 26.2 Å². The normalized spacial score (nSPS) is 17.9. The largest absolute Gasteiger partial charge is 0.387 e. The summed E-state index contributed by atoms with van der Waals surface area (Å²) in [4.78, 5) is 15.9. The number of carbonyl (C=O) groups excluding carboxylic acids is 1. The summed E-state index contributed by atoms with van der Waals surface area (Å²) in [5.41, 5.74) is 0.517. The van der Waals surface area contributed by atoms with E-state index in [0.717, 1.165) is 5.56 Å². The number of β-amino-alcohol motifs (C(OH)–C–C–N with tert-alkyl or cyclic N) is 1. The second-order valence-corrected chi connectivity index (χ2v) is 6.14. The van der Waals surface area contributed by atoms with Crippen molar-refractivity contribution in [2.75, 3.05) is 26.7 Å². The maximum atomic E-state index is 12.1. The Kier molecular flexibility index (Phi) is 4.45. The lowest BCUT2D eigenvalue weighted by Crippen LogP contribution is -2.65. The molecule has 1 N–H and O–H groups in total. The number of nitrogens with zero attached hydrogens (tertiary/aromatic N) is 2. The summed E-state index contributed by atoms with van der Waals surface area (Å²) in [5, 5.41) is 10.2. The van der Waals surface area contributed by atoms with Crippen LogP contribution >= 0.6 is 0 Å². The number of hydrogen-bond acceptors (Lipinski definition) is 3. The van der Waals surface area contributed by atoms with Crippen molar-refractivity contribution in [1.29, 1.82) is 0 Å². The highest BCUT2D eigenvalue weighted by Gasteiger charge is 2.44. The summed E-state index contributed by atoms with van der Waals surface area (Å²) < 4.78 is 0. The molecule has 1 saturated heterocycles. The van der Waals surface area contributed by atoms with Crippen LogP contribution in [-0.4, -0.2) is 53.1 Å². The second-order valence-electron chi connectivity index (χ2n) is 6.14. The van der Waals surface area contributed by atoms with Gasteiger partial charge >= 0.3 is 0 Å². The highest BCUT2D eigenvalue weighted by atomic mass is 16.3. The van der Waals surface area contributed by atoms with Crippen molar-refractivity contribution in [3.63, 3.8) is 0 Å². The number of carbonyl (C=O) groups is 1. The minimum atomic E-state index is -0.613. The molecule has 0 aliphatic carbocycles. The van der Waals surface area contributed by atoms with Gasteiger partial charge in [0.15, 0.2) is 0 Å². The third-order valence-electron chi connectivity index (χ3n) is 4.12. The van der Waals surface area contributed by atoms with Crippen molar-refractivity contribution in [2.45, 2.75) is 26.0 Å². The molecule has 0 unspecified atom stereocenters. The Labute approximate surface area is 121 Å². The number of likely N-dealkylation sites (tertiary alicyclic amines) is 1. The Morgan fingerprint density at radius 2 is 1.95 bits per heavy atom. The van der Waals surface area contributed by atoms with Gasteiger partial charge in [-0.3, -0.25) is 9.69 Å². The third kappa shape index (κ3) is 3.38. The van der Waals surface area contributed by atoms with Crippen molar-refractivity contribution < 1.29 is 9.90 Å². The van der Waals surface area contributed by atoms with Gasteiger partial charge in [-0.15, -0.1) is 0 Å². The SMILES string of the molecule is CC(C)C1(O)CN(CC(=O)N(C)Cc2ccccc2)C1. The summed E-state index contributed by atoms with van der Waals surface area (Å²) in [7, 11) is 1.82. The zero-order valence-corrected chi connectivity index (χ0v) is 12.5. The van der Waals surface area contributed by atoms with Gasteiger partial charge < -0.3 is 10.0 Å². The fourth-order valence-corrected chi connectivity index (χ4v) is 2.46. The molecular formula is C16H24N2O2. The Hall–Kier alpha value is -1.39. The predicted octanol–water partition coefficient (Wildman–Crippen LogP) is 1.35. The minimum absolute atomic E-state index is 0.0969. The van der Waals surface area contributed by atoms with E-state index in [9.17, 15) is 9.90 Å². The Morgan fingerprint density at radius 1 is 1.35 bits per heavy atom. The summed E-state index contributed by atoms with van der Waals surface area (Å²) in [6.07, 6.45) is 0. The van der Waals surface area contributed by atoms with Gasteiger partial charge in [0.05, 0.1) is 12.1 Å². The quantitative estimate of drug-likeness (QED) is 0.883. The standard InChI is InChI=1S/C16H24N2O2/c1-13(2)16(20)11-18(12-16)10-15(19)17(3)9-14-7-5-4-6-8-14/h4-8,13,20H,9-12H2,1-3H3. The molecule has 1 heterocycles. The number of aliphatic hydroxyl groups is 1. The van der Waals surface area contributed by atoms with Crippen molar-refractivity contribution in [1.82, 2.24) is 9.80 Å². The number of rotatable bonds is 5. The van der Waals surface area contributed by atoms with Crippen LogP contribution < -0.4 is 0 Å². The number of benzene rings is 1. The molecule has 110 valence electrons. The topological polar surface area (TPSA) is 43.8 Å². The molecule has 1 fully saturated rings. The van der Waals surface area contributed by atoms with Gasteiger partial charge in [-0.1, -0.05) is 44.2 Å². The van der Waals surface area contributed by atoms with E-state index >= 15 is 0 Å². The molecule has 4 heteroatoms. The van der Waals surface area contributed by atoms with Crippen LogP contribution in [0, 0.1) is 5.92 Å². The first-order chi connectivity index (χ1) is 9.40. The molecule has 1 aliphatic heterocycles. The van der Waals surface area contributed by atoms with Crippen LogP contribution in [0.15, 0.2) is 30.3 Å². The van der Waals surface area contributed by atoms with E-state index in [1.807, 2.05) is 56.1 Å². The first kappa shape index (κ1) is 15.0.